The first kappa shape index (κ1) is 22.8. The van der Waals surface area contributed by atoms with Gasteiger partial charge in [0.1, 0.15) is 5.00 Å². The number of amides is 2. The third-order valence-corrected chi connectivity index (χ3v) is 7.15. The summed E-state index contributed by atoms with van der Waals surface area (Å²) in [6.07, 6.45) is 2.83. The molecule has 0 spiro atoms. The second-order valence-electron chi connectivity index (χ2n) is 10.2. The van der Waals surface area contributed by atoms with Crippen molar-refractivity contribution in [1.82, 2.24) is 0 Å². The minimum atomic E-state index is -0.539. The maximum absolute atomic E-state index is 13.3. The van der Waals surface area contributed by atoms with Crippen molar-refractivity contribution >= 4 is 45.4 Å². The summed E-state index contributed by atoms with van der Waals surface area (Å²) in [6.45, 7) is 12.4. The Balaban J connectivity index is 1.97. The number of hydrogen-bond donors (Lipinski definition) is 2. The molecule has 1 atom stereocenters. The molecule has 0 radical (unpaired) electrons. The van der Waals surface area contributed by atoms with Crippen molar-refractivity contribution in [3.8, 4) is 0 Å². The molecule has 2 aromatic rings. The van der Waals surface area contributed by atoms with Crippen molar-refractivity contribution in [1.29, 1.82) is 0 Å². The van der Waals surface area contributed by atoms with Gasteiger partial charge in [0.15, 0.2) is 0 Å². The van der Waals surface area contributed by atoms with Crippen molar-refractivity contribution in [3.05, 3.63) is 45.3 Å². The summed E-state index contributed by atoms with van der Waals surface area (Å²) < 4.78 is 0. The zero-order valence-corrected chi connectivity index (χ0v) is 20.2. The molecule has 0 bridgehead atoms. The highest BCUT2D eigenvalue weighted by Gasteiger charge is 2.34. The Labute approximate surface area is 188 Å². The third-order valence-electron chi connectivity index (χ3n) is 5.73. The first-order chi connectivity index (χ1) is 13.9. The number of carbonyl (C=O) groups excluding carboxylic acids is 2. The molecular formula is C24H31ClN2O2S. The number of benzene rings is 1. The molecule has 3 rings (SSSR count). The molecule has 162 valence electrons. The predicted octanol–water partition coefficient (Wildman–Crippen LogP) is 6.79. The number of rotatable bonds is 3. The van der Waals surface area contributed by atoms with Crippen LogP contribution in [-0.4, -0.2) is 11.8 Å². The number of fused-ring (bicyclic) bond motifs is 1. The zero-order valence-electron chi connectivity index (χ0n) is 18.6. The molecule has 2 amide bonds. The normalized spacial score (nSPS) is 16.7. The monoisotopic (exact) mass is 446 g/mol. The molecule has 30 heavy (non-hydrogen) atoms. The standard InChI is InChI=1S/C24H31ClN2O2S/c1-23(2,3)14-7-12-17-18(13-14)30-21(27-22(29)24(4,5)6)19(17)20(28)26-16-10-8-15(25)9-11-16/h8-11,14H,7,12-13H2,1-6H3,(H,26,28)(H,27,29). The van der Waals surface area contributed by atoms with Crippen LogP contribution in [0.25, 0.3) is 0 Å². The van der Waals surface area contributed by atoms with E-state index in [-0.39, 0.29) is 17.2 Å². The summed E-state index contributed by atoms with van der Waals surface area (Å²) in [7, 11) is 0. The summed E-state index contributed by atoms with van der Waals surface area (Å²) in [6, 6.07) is 7.05. The average molecular weight is 447 g/mol. The number of anilines is 2. The van der Waals surface area contributed by atoms with E-state index in [9.17, 15) is 9.59 Å². The smallest absolute Gasteiger partial charge is 0.258 e. The molecule has 2 N–H and O–H groups in total. The zero-order chi connectivity index (χ0) is 22.3. The highest BCUT2D eigenvalue weighted by atomic mass is 35.5. The lowest BCUT2D eigenvalue weighted by molar-refractivity contribution is -0.123. The molecule has 4 nitrogen and oxygen atoms in total. The van der Waals surface area contributed by atoms with Crippen molar-refractivity contribution in [2.45, 2.75) is 60.8 Å². The van der Waals surface area contributed by atoms with Gasteiger partial charge in [-0.1, -0.05) is 53.1 Å². The lowest BCUT2D eigenvalue weighted by atomic mass is 9.72. The van der Waals surface area contributed by atoms with Gasteiger partial charge in [0, 0.05) is 21.0 Å². The van der Waals surface area contributed by atoms with Crippen LogP contribution in [0.15, 0.2) is 24.3 Å². The van der Waals surface area contributed by atoms with Gasteiger partial charge in [0.2, 0.25) is 5.91 Å². The van der Waals surface area contributed by atoms with Gasteiger partial charge < -0.3 is 10.6 Å². The topological polar surface area (TPSA) is 58.2 Å². The average Bonchev–Trinajstić information content (AvgIpc) is 2.99. The van der Waals surface area contributed by atoms with Crippen molar-refractivity contribution in [2.24, 2.45) is 16.7 Å². The van der Waals surface area contributed by atoms with Crippen LogP contribution in [0.4, 0.5) is 10.7 Å². The second kappa shape index (κ2) is 8.35. The van der Waals surface area contributed by atoms with Crippen LogP contribution >= 0.6 is 22.9 Å². The van der Waals surface area contributed by atoms with Gasteiger partial charge in [-0.05, 0) is 60.4 Å². The Kier molecular flexibility index (Phi) is 6.35. The number of carbonyl (C=O) groups is 2. The van der Waals surface area contributed by atoms with Crippen molar-refractivity contribution in [2.75, 3.05) is 10.6 Å². The number of nitrogens with one attached hydrogen (secondary N) is 2. The molecule has 1 heterocycles. The Hall–Kier alpha value is -1.85. The second-order valence-corrected chi connectivity index (χ2v) is 11.7. The molecule has 1 aliphatic rings. The van der Waals surface area contributed by atoms with Gasteiger partial charge in [-0.2, -0.15) is 0 Å². The van der Waals surface area contributed by atoms with Crippen LogP contribution in [-0.2, 0) is 17.6 Å². The molecule has 6 heteroatoms. The summed E-state index contributed by atoms with van der Waals surface area (Å²) in [5.41, 5.74) is 2.04. The first-order valence-corrected chi connectivity index (χ1v) is 11.6. The number of thiophene rings is 1. The number of halogens is 1. The van der Waals surface area contributed by atoms with Crippen LogP contribution in [0.2, 0.25) is 5.02 Å². The summed E-state index contributed by atoms with van der Waals surface area (Å²) in [4.78, 5) is 27.2. The van der Waals surface area contributed by atoms with E-state index in [2.05, 4.69) is 31.4 Å². The molecular weight excluding hydrogens is 416 g/mol. The van der Waals surface area contributed by atoms with Gasteiger partial charge in [0.25, 0.3) is 5.91 Å². The van der Waals surface area contributed by atoms with Crippen LogP contribution in [0, 0.1) is 16.7 Å². The molecule has 0 aliphatic heterocycles. The van der Waals surface area contributed by atoms with E-state index in [1.54, 1.807) is 35.6 Å². The van der Waals surface area contributed by atoms with Gasteiger partial charge in [-0.25, -0.2) is 0 Å². The number of hydrogen-bond acceptors (Lipinski definition) is 3. The fourth-order valence-electron chi connectivity index (χ4n) is 3.67. The fourth-order valence-corrected chi connectivity index (χ4v) is 5.12. The van der Waals surface area contributed by atoms with E-state index in [0.29, 0.717) is 27.2 Å². The Morgan fingerprint density at radius 2 is 1.67 bits per heavy atom. The minimum Gasteiger partial charge on any atom is -0.322 e. The quantitative estimate of drug-likeness (QED) is 0.545. The van der Waals surface area contributed by atoms with Gasteiger partial charge in [0.05, 0.1) is 5.56 Å². The van der Waals surface area contributed by atoms with Crippen molar-refractivity contribution in [3.63, 3.8) is 0 Å². The molecule has 0 fully saturated rings. The highest BCUT2D eigenvalue weighted by Crippen LogP contribution is 2.44. The van der Waals surface area contributed by atoms with Crippen LogP contribution in [0.5, 0.6) is 0 Å². The van der Waals surface area contributed by atoms with Crippen LogP contribution < -0.4 is 10.6 Å². The Bertz CT molecular complexity index is 949. The van der Waals surface area contributed by atoms with Crippen LogP contribution in [0.3, 0.4) is 0 Å². The lowest BCUT2D eigenvalue weighted by Gasteiger charge is -2.33. The van der Waals surface area contributed by atoms with E-state index in [1.165, 1.54) is 4.88 Å². The predicted molar refractivity (Wildman–Crippen MR) is 127 cm³/mol. The lowest BCUT2D eigenvalue weighted by Crippen LogP contribution is -2.28. The van der Waals surface area contributed by atoms with Crippen LogP contribution in [0.1, 0.15) is 68.8 Å². The first-order valence-electron chi connectivity index (χ1n) is 10.4. The van der Waals surface area contributed by atoms with E-state index < -0.39 is 5.41 Å². The van der Waals surface area contributed by atoms with Gasteiger partial charge >= 0.3 is 0 Å². The summed E-state index contributed by atoms with van der Waals surface area (Å²) >= 11 is 7.51. The van der Waals surface area contributed by atoms with Gasteiger partial charge in [-0.3, -0.25) is 9.59 Å². The largest absolute Gasteiger partial charge is 0.322 e. The fraction of sp³-hybridized carbons (Fsp3) is 0.500. The summed E-state index contributed by atoms with van der Waals surface area (Å²) in [5, 5.41) is 7.28. The molecule has 0 saturated carbocycles. The maximum atomic E-state index is 13.3. The van der Waals surface area contributed by atoms with Crippen molar-refractivity contribution < 1.29 is 9.59 Å². The molecule has 0 saturated heterocycles. The molecule has 1 aromatic heterocycles. The van der Waals surface area contributed by atoms with E-state index in [4.69, 9.17) is 11.6 Å². The van der Waals surface area contributed by atoms with E-state index in [1.807, 2.05) is 20.8 Å². The van der Waals surface area contributed by atoms with E-state index >= 15 is 0 Å². The molecule has 1 aromatic carbocycles. The minimum absolute atomic E-state index is 0.0889. The summed E-state index contributed by atoms with van der Waals surface area (Å²) in [5.74, 6) is 0.282. The van der Waals surface area contributed by atoms with Gasteiger partial charge in [-0.15, -0.1) is 11.3 Å². The van der Waals surface area contributed by atoms with E-state index in [0.717, 1.165) is 24.8 Å². The Morgan fingerprint density at radius 3 is 2.23 bits per heavy atom. The highest BCUT2D eigenvalue weighted by molar-refractivity contribution is 7.17. The Morgan fingerprint density at radius 1 is 1.03 bits per heavy atom. The maximum Gasteiger partial charge on any atom is 0.258 e. The SMILES string of the molecule is CC(C)(C)C(=O)Nc1sc2c(c1C(=O)Nc1ccc(Cl)cc1)CCC(C(C)(C)C)C2. The third kappa shape index (κ3) is 5.06. The molecule has 1 unspecified atom stereocenters. The molecule has 1 aliphatic carbocycles.